The molecule has 2 nitrogen and oxygen atoms in total. The summed E-state index contributed by atoms with van der Waals surface area (Å²) >= 11 is 0. The fourth-order valence-electron chi connectivity index (χ4n) is 2.66. The highest BCUT2D eigenvalue weighted by molar-refractivity contribution is 5.16. The Morgan fingerprint density at radius 2 is 2.25 bits per heavy atom. The van der Waals surface area contributed by atoms with Crippen LogP contribution in [0.25, 0.3) is 0 Å². The van der Waals surface area contributed by atoms with Gasteiger partial charge in [-0.05, 0) is 30.1 Å². The molecule has 0 radical (unpaired) electrons. The van der Waals surface area contributed by atoms with E-state index < -0.39 is 0 Å². The summed E-state index contributed by atoms with van der Waals surface area (Å²) in [5.74, 6) is 7.64. The van der Waals surface area contributed by atoms with Crippen LogP contribution in [0.3, 0.4) is 0 Å². The van der Waals surface area contributed by atoms with Gasteiger partial charge in [0, 0.05) is 0 Å². The average molecular weight is 165 g/mol. The summed E-state index contributed by atoms with van der Waals surface area (Å²) in [6, 6.07) is 0. The van der Waals surface area contributed by atoms with E-state index >= 15 is 0 Å². The van der Waals surface area contributed by atoms with Crippen molar-refractivity contribution in [2.45, 2.75) is 6.42 Å². The van der Waals surface area contributed by atoms with E-state index in [1.165, 1.54) is 6.42 Å². The van der Waals surface area contributed by atoms with E-state index in [0.717, 1.165) is 0 Å². The lowest BCUT2D eigenvalue weighted by atomic mass is 9.84. The molecule has 0 saturated heterocycles. The SMILES string of the molecule is C=CC1C2C=CC(C2)C1CON. The molecule has 2 N–H and O–H groups in total. The molecule has 0 aromatic carbocycles. The van der Waals surface area contributed by atoms with Crippen LogP contribution in [0.2, 0.25) is 0 Å². The second kappa shape index (κ2) is 3.04. The summed E-state index contributed by atoms with van der Waals surface area (Å²) in [6.45, 7) is 4.53. The van der Waals surface area contributed by atoms with Crippen LogP contribution < -0.4 is 5.90 Å². The predicted octanol–water partition coefficient (Wildman–Crippen LogP) is 1.50. The Morgan fingerprint density at radius 3 is 2.92 bits per heavy atom. The highest BCUT2D eigenvalue weighted by Gasteiger charge is 2.42. The van der Waals surface area contributed by atoms with E-state index in [9.17, 15) is 0 Å². The Bertz CT molecular complexity index is 212. The Morgan fingerprint density at radius 1 is 1.50 bits per heavy atom. The highest BCUT2D eigenvalue weighted by Crippen LogP contribution is 2.48. The van der Waals surface area contributed by atoms with E-state index in [4.69, 9.17) is 10.7 Å². The molecule has 66 valence electrons. The van der Waals surface area contributed by atoms with Crippen LogP contribution in [0.4, 0.5) is 0 Å². The largest absolute Gasteiger partial charge is 0.304 e. The number of hydrogen-bond donors (Lipinski definition) is 1. The molecule has 2 bridgehead atoms. The van der Waals surface area contributed by atoms with Crippen molar-refractivity contribution >= 4 is 0 Å². The molecule has 1 saturated carbocycles. The molecule has 1 fully saturated rings. The molecule has 2 rings (SSSR count). The Balaban J connectivity index is 2.11. The number of hydrogen-bond acceptors (Lipinski definition) is 2. The zero-order chi connectivity index (χ0) is 8.55. The van der Waals surface area contributed by atoms with E-state index in [0.29, 0.717) is 30.3 Å². The Hall–Kier alpha value is -0.600. The van der Waals surface area contributed by atoms with E-state index in [1.807, 2.05) is 0 Å². The minimum Gasteiger partial charge on any atom is -0.304 e. The van der Waals surface area contributed by atoms with Crippen molar-refractivity contribution in [3.8, 4) is 0 Å². The van der Waals surface area contributed by atoms with E-state index in [-0.39, 0.29) is 0 Å². The van der Waals surface area contributed by atoms with Gasteiger partial charge in [-0.25, -0.2) is 5.90 Å². The van der Waals surface area contributed by atoms with Gasteiger partial charge in [-0.15, -0.1) is 6.58 Å². The van der Waals surface area contributed by atoms with Gasteiger partial charge < -0.3 is 4.84 Å². The van der Waals surface area contributed by atoms with Crippen molar-refractivity contribution in [1.82, 2.24) is 0 Å². The lowest BCUT2D eigenvalue weighted by Gasteiger charge is -2.23. The van der Waals surface area contributed by atoms with Gasteiger partial charge in [-0.2, -0.15) is 0 Å². The van der Waals surface area contributed by atoms with Crippen LogP contribution >= 0.6 is 0 Å². The first kappa shape index (κ1) is 8.02. The molecule has 2 aliphatic carbocycles. The van der Waals surface area contributed by atoms with Gasteiger partial charge in [0.25, 0.3) is 0 Å². The first-order chi connectivity index (χ1) is 5.86. The maximum atomic E-state index is 5.10. The second-order valence-corrected chi connectivity index (χ2v) is 3.76. The van der Waals surface area contributed by atoms with Crippen molar-refractivity contribution in [2.75, 3.05) is 6.61 Å². The average Bonchev–Trinajstić information content (AvgIpc) is 2.64. The van der Waals surface area contributed by atoms with Crippen LogP contribution in [0, 0.1) is 23.7 Å². The fourth-order valence-corrected chi connectivity index (χ4v) is 2.66. The molecule has 0 aromatic heterocycles. The summed E-state index contributed by atoms with van der Waals surface area (Å²) in [7, 11) is 0. The zero-order valence-corrected chi connectivity index (χ0v) is 7.15. The normalized spacial score (nSPS) is 43.8. The molecule has 2 aliphatic rings. The maximum absolute atomic E-state index is 5.10. The Kier molecular flexibility index (Phi) is 2.03. The summed E-state index contributed by atoms with van der Waals surface area (Å²) in [5.41, 5.74) is 0. The lowest BCUT2D eigenvalue weighted by Crippen LogP contribution is -2.24. The van der Waals surface area contributed by atoms with Gasteiger partial charge in [0.2, 0.25) is 0 Å². The smallest absolute Gasteiger partial charge is 0.0718 e. The standard InChI is InChI=1S/C10H15NO/c1-2-9-7-3-4-8(5-7)10(9)6-12-11/h2-4,7-10H,1,5-6,11H2. The molecule has 0 aliphatic heterocycles. The molecule has 12 heavy (non-hydrogen) atoms. The van der Waals surface area contributed by atoms with E-state index in [2.05, 4.69) is 24.8 Å². The van der Waals surface area contributed by atoms with Crippen molar-refractivity contribution in [3.05, 3.63) is 24.8 Å². The van der Waals surface area contributed by atoms with Crippen molar-refractivity contribution in [3.63, 3.8) is 0 Å². The number of rotatable bonds is 3. The van der Waals surface area contributed by atoms with Crippen LogP contribution in [0.5, 0.6) is 0 Å². The van der Waals surface area contributed by atoms with Gasteiger partial charge in [0.05, 0.1) is 6.61 Å². The predicted molar refractivity (Wildman–Crippen MR) is 48.1 cm³/mol. The third kappa shape index (κ3) is 1.03. The lowest BCUT2D eigenvalue weighted by molar-refractivity contribution is 0.0806. The van der Waals surface area contributed by atoms with Crippen LogP contribution in [-0.4, -0.2) is 6.61 Å². The maximum Gasteiger partial charge on any atom is 0.0718 e. The molecule has 2 heteroatoms. The molecule has 0 heterocycles. The minimum atomic E-state index is 0.572. The number of fused-ring (bicyclic) bond motifs is 2. The molecular weight excluding hydrogens is 150 g/mol. The Labute approximate surface area is 73.0 Å². The first-order valence-electron chi connectivity index (χ1n) is 4.49. The van der Waals surface area contributed by atoms with Gasteiger partial charge in [0.15, 0.2) is 0 Å². The highest BCUT2D eigenvalue weighted by atomic mass is 16.6. The fraction of sp³-hybridized carbons (Fsp3) is 0.600. The van der Waals surface area contributed by atoms with Gasteiger partial charge in [0.1, 0.15) is 0 Å². The number of nitrogens with two attached hydrogens (primary N) is 1. The zero-order valence-electron chi connectivity index (χ0n) is 7.15. The number of allylic oxidation sites excluding steroid dienone is 3. The van der Waals surface area contributed by atoms with Crippen LogP contribution in [0.15, 0.2) is 24.8 Å². The molecule has 0 amide bonds. The first-order valence-corrected chi connectivity index (χ1v) is 4.49. The monoisotopic (exact) mass is 165 g/mol. The van der Waals surface area contributed by atoms with E-state index in [1.54, 1.807) is 0 Å². The summed E-state index contributed by atoms with van der Waals surface area (Å²) in [6.07, 6.45) is 7.93. The molecule has 4 unspecified atom stereocenters. The second-order valence-electron chi connectivity index (χ2n) is 3.76. The van der Waals surface area contributed by atoms with Crippen molar-refractivity contribution in [1.29, 1.82) is 0 Å². The van der Waals surface area contributed by atoms with Gasteiger partial charge >= 0.3 is 0 Å². The third-order valence-corrected chi connectivity index (χ3v) is 3.25. The molecule has 0 spiro atoms. The third-order valence-electron chi connectivity index (χ3n) is 3.25. The molecule has 4 atom stereocenters. The van der Waals surface area contributed by atoms with Crippen LogP contribution in [-0.2, 0) is 4.84 Å². The van der Waals surface area contributed by atoms with Crippen LogP contribution in [0.1, 0.15) is 6.42 Å². The van der Waals surface area contributed by atoms with Gasteiger partial charge in [-0.1, -0.05) is 18.2 Å². The summed E-state index contributed by atoms with van der Waals surface area (Å²) in [5, 5.41) is 0. The quantitative estimate of drug-likeness (QED) is 0.508. The van der Waals surface area contributed by atoms with Gasteiger partial charge in [-0.3, -0.25) is 0 Å². The summed E-state index contributed by atoms with van der Waals surface area (Å²) in [4.78, 5) is 4.73. The minimum absolute atomic E-state index is 0.572. The topological polar surface area (TPSA) is 35.2 Å². The van der Waals surface area contributed by atoms with Crippen molar-refractivity contribution in [2.24, 2.45) is 29.6 Å². The molecular formula is C10H15NO. The summed E-state index contributed by atoms with van der Waals surface area (Å²) < 4.78 is 0. The van der Waals surface area contributed by atoms with Crippen molar-refractivity contribution < 1.29 is 4.84 Å². The molecule has 0 aromatic rings.